The minimum Gasteiger partial charge on any atom is -0.313 e. The van der Waals surface area contributed by atoms with Crippen LogP contribution in [-0.2, 0) is 7.05 Å². The molecule has 0 radical (unpaired) electrons. The maximum Gasteiger partial charge on any atom is 0.294 e. The largest absolute Gasteiger partial charge is 0.313 e. The van der Waals surface area contributed by atoms with E-state index in [0.29, 0.717) is 5.82 Å². The number of anilines is 1. The number of rotatable bonds is 2. The number of hydrogen-bond donors (Lipinski definition) is 1. The Balaban J connectivity index is 2.15. The number of nitrogens with one attached hydrogen (secondary N) is 1. The van der Waals surface area contributed by atoms with Gasteiger partial charge in [-0.3, -0.25) is 4.79 Å². The highest BCUT2D eigenvalue weighted by Crippen LogP contribution is 2.02. The third-order valence-corrected chi connectivity index (χ3v) is 1.82. The summed E-state index contributed by atoms with van der Waals surface area (Å²) in [5.74, 6) is 0.417. The Labute approximate surface area is 86.0 Å². The summed E-state index contributed by atoms with van der Waals surface area (Å²) in [4.78, 5) is 15.6. The van der Waals surface area contributed by atoms with E-state index in [1.54, 1.807) is 31.4 Å². The molecule has 0 bridgehead atoms. The quantitative estimate of drug-likeness (QED) is 0.769. The van der Waals surface area contributed by atoms with E-state index in [0.717, 1.165) is 0 Å². The average Bonchev–Trinajstić information content (AvgIpc) is 2.66. The van der Waals surface area contributed by atoms with Crippen LogP contribution in [0.1, 0.15) is 10.6 Å². The zero-order chi connectivity index (χ0) is 10.7. The van der Waals surface area contributed by atoms with E-state index in [4.69, 9.17) is 0 Å². The molecule has 6 heteroatoms. The van der Waals surface area contributed by atoms with Crippen LogP contribution >= 0.6 is 0 Å². The molecule has 2 aromatic rings. The lowest BCUT2D eigenvalue weighted by Crippen LogP contribution is -2.17. The summed E-state index contributed by atoms with van der Waals surface area (Å²) in [5.41, 5.74) is 0. The zero-order valence-electron chi connectivity index (χ0n) is 8.08. The Hall–Kier alpha value is -2.24. The van der Waals surface area contributed by atoms with Crippen LogP contribution in [-0.4, -0.2) is 25.7 Å². The first-order chi connectivity index (χ1) is 7.27. The molecule has 0 saturated carbocycles. The third kappa shape index (κ3) is 1.98. The SMILES string of the molecule is Cn1cnnc1C(=O)Nc1ccccn1. The molecule has 0 aliphatic carbocycles. The molecule has 2 rings (SSSR count). The molecule has 0 fully saturated rings. The fraction of sp³-hybridized carbons (Fsp3) is 0.111. The highest BCUT2D eigenvalue weighted by molar-refractivity contribution is 6.00. The van der Waals surface area contributed by atoms with E-state index in [1.807, 2.05) is 0 Å². The molecule has 0 unspecified atom stereocenters. The summed E-state index contributed by atoms with van der Waals surface area (Å²) in [5, 5.41) is 9.91. The maximum absolute atomic E-state index is 11.6. The van der Waals surface area contributed by atoms with Crippen molar-refractivity contribution in [1.29, 1.82) is 0 Å². The van der Waals surface area contributed by atoms with Crippen molar-refractivity contribution in [3.63, 3.8) is 0 Å². The first-order valence-electron chi connectivity index (χ1n) is 4.34. The molecule has 1 N–H and O–H groups in total. The van der Waals surface area contributed by atoms with Gasteiger partial charge < -0.3 is 9.88 Å². The van der Waals surface area contributed by atoms with Gasteiger partial charge in [-0.05, 0) is 12.1 Å². The van der Waals surface area contributed by atoms with Crippen LogP contribution < -0.4 is 5.32 Å². The molecule has 0 saturated heterocycles. The molecule has 76 valence electrons. The minimum atomic E-state index is -0.325. The van der Waals surface area contributed by atoms with E-state index in [9.17, 15) is 4.79 Å². The van der Waals surface area contributed by atoms with Crippen LogP contribution in [0.15, 0.2) is 30.7 Å². The van der Waals surface area contributed by atoms with Gasteiger partial charge in [-0.15, -0.1) is 10.2 Å². The zero-order valence-corrected chi connectivity index (χ0v) is 8.08. The lowest BCUT2D eigenvalue weighted by atomic mass is 10.4. The predicted octanol–water partition coefficient (Wildman–Crippen LogP) is 0.462. The van der Waals surface area contributed by atoms with Crippen molar-refractivity contribution >= 4 is 11.7 Å². The van der Waals surface area contributed by atoms with Gasteiger partial charge in [0.15, 0.2) is 0 Å². The fourth-order valence-corrected chi connectivity index (χ4v) is 1.10. The van der Waals surface area contributed by atoms with Crippen molar-refractivity contribution in [2.24, 2.45) is 7.05 Å². The second kappa shape index (κ2) is 3.87. The summed E-state index contributed by atoms with van der Waals surface area (Å²) in [6.07, 6.45) is 3.07. The van der Waals surface area contributed by atoms with Crippen LogP contribution in [0.5, 0.6) is 0 Å². The van der Waals surface area contributed by atoms with Crippen molar-refractivity contribution < 1.29 is 4.79 Å². The van der Waals surface area contributed by atoms with Gasteiger partial charge in [-0.25, -0.2) is 4.98 Å². The van der Waals surface area contributed by atoms with Crippen molar-refractivity contribution in [3.05, 3.63) is 36.5 Å². The number of nitrogens with zero attached hydrogens (tertiary/aromatic N) is 4. The third-order valence-electron chi connectivity index (χ3n) is 1.82. The van der Waals surface area contributed by atoms with Crippen molar-refractivity contribution in [3.8, 4) is 0 Å². The predicted molar refractivity (Wildman–Crippen MR) is 53.2 cm³/mol. The lowest BCUT2D eigenvalue weighted by molar-refractivity contribution is 0.101. The Bertz CT molecular complexity index is 464. The number of aryl methyl sites for hydroxylation is 1. The van der Waals surface area contributed by atoms with Crippen molar-refractivity contribution in [2.45, 2.75) is 0 Å². The van der Waals surface area contributed by atoms with Crippen LogP contribution in [0.3, 0.4) is 0 Å². The Morgan fingerprint density at radius 3 is 2.93 bits per heavy atom. The fourth-order valence-electron chi connectivity index (χ4n) is 1.10. The van der Waals surface area contributed by atoms with Crippen LogP contribution in [0.2, 0.25) is 0 Å². The van der Waals surface area contributed by atoms with Crippen molar-refractivity contribution in [2.75, 3.05) is 5.32 Å². The summed E-state index contributed by atoms with van der Waals surface area (Å²) in [6, 6.07) is 5.27. The molecule has 6 nitrogen and oxygen atoms in total. The van der Waals surface area contributed by atoms with E-state index in [1.165, 1.54) is 10.9 Å². The molecular weight excluding hydrogens is 194 g/mol. The summed E-state index contributed by atoms with van der Waals surface area (Å²) in [6.45, 7) is 0. The number of carbonyl (C=O) groups is 1. The van der Waals surface area contributed by atoms with Crippen molar-refractivity contribution in [1.82, 2.24) is 19.7 Å². The molecule has 2 heterocycles. The van der Waals surface area contributed by atoms with Gasteiger partial charge in [-0.2, -0.15) is 0 Å². The van der Waals surface area contributed by atoms with Gasteiger partial charge >= 0.3 is 0 Å². The normalized spacial score (nSPS) is 9.93. The molecule has 15 heavy (non-hydrogen) atoms. The first kappa shape index (κ1) is 9.32. The molecule has 0 aromatic carbocycles. The topological polar surface area (TPSA) is 72.7 Å². The van der Waals surface area contributed by atoms with Gasteiger partial charge in [0.05, 0.1) is 0 Å². The van der Waals surface area contributed by atoms with E-state index < -0.39 is 0 Å². The van der Waals surface area contributed by atoms with E-state index in [-0.39, 0.29) is 11.7 Å². The van der Waals surface area contributed by atoms with Crippen LogP contribution in [0.25, 0.3) is 0 Å². The van der Waals surface area contributed by atoms with E-state index in [2.05, 4.69) is 20.5 Å². The lowest BCUT2D eigenvalue weighted by Gasteiger charge is -2.02. The Morgan fingerprint density at radius 2 is 2.33 bits per heavy atom. The smallest absolute Gasteiger partial charge is 0.294 e. The molecule has 0 aliphatic rings. The number of aromatic nitrogens is 4. The second-order valence-electron chi connectivity index (χ2n) is 2.93. The number of carbonyl (C=O) groups excluding carboxylic acids is 1. The molecular formula is C9H9N5O. The summed E-state index contributed by atoms with van der Waals surface area (Å²) < 4.78 is 1.54. The average molecular weight is 203 g/mol. The molecule has 0 spiro atoms. The standard InChI is InChI=1S/C9H9N5O/c1-14-6-11-13-8(14)9(15)12-7-4-2-3-5-10-7/h2-6H,1H3,(H,10,12,15). The first-order valence-corrected chi connectivity index (χ1v) is 4.34. The molecule has 0 aliphatic heterocycles. The molecule has 1 amide bonds. The Kier molecular flexibility index (Phi) is 2.40. The van der Waals surface area contributed by atoms with Gasteiger partial charge in [0.1, 0.15) is 12.1 Å². The van der Waals surface area contributed by atoms with E-state index >= 15 is 0 Å². The van der Waals surface area contributed by atoms with Gasteiger partial charge in [0.25, 0.3) is 5.91 Å². The van der Waals surface area contributed by atoms with Gasteiger partial charge in [-0.1, -0.05) is 6.07 Å². The summed E-state index contributed by atoms with van der Waals surface area (Å²) >= 11 is 0. The van der Waals surface area contributed by atoms with Crippen LogP contribution in [0.4, 0.5) is 5.82 Å². The number of amides is 1. The van der Waals surface area contributed by atoms with Gasteiger partial charge in [0.2, 0.25) is 5.82 Å². The summed E-state index contributed by atoms with van der Waals surface area (Å²) in [7, 11) is 1.70. The minimum absolute atomic E-state index is 0.251. The molecule has 2 aromatic heterocycles. The Morgan fingerprint density at radius 1 is 1.47 bits per heavy atom. The number of pyridine rings is 1. The highest BCUT2D eigenvalue weighted by Gasteiger charge is 2.11. The second-order valence-corrected chi connectivity index (χ2v) is 2.93. The number of hydrogen-bond acceptors (Lipinski definition) is 4. The highest BCUT2D eigenvalue weighted by atomic mass is 16.2. The molecule has 0 atom stereocenters. The maximum atomic E-state index is 11.6. The van der Waals surface area contributed by atoms with Crippen LogP contribution in [0, 0.1) is 0 Å². The monoisotopic (exact) mass is 203 g/mol. The van der Waals surface area contributed by atoms with Gasteiger partial charge in [0, 0.05) is 13.2 Å².